The number of hydrogen-bond acceptors (Lipinski definition) is 3. The molecule has 2 aliphatic rings. The molecular weight excluding hydrogens is 254 g/mol. The van der Waals surface area contributed by atoms with Crippen LogP contribution in [0.15, 0.2) is 0 Å². The van der Waals surface area contributed by atoms with Gasteiger partial charge in [-0.1, -0.05) is 13.3 Å². The Kier molecular flexibility index (Phi) is 5.66. The minimum Gasteiger partial charge on any atom is -0.376 e. The first kappa shape index (κ1) is 15.6. The molecule has 0 aromatic rings. The van der Waals surface area contributed by atoms with Crippen molar-refractivity contribution in [3.8, 4) is 0 Å². The molecule has 2 N–H and O–H groups in total. The van der Waals surface area contributed by atoms with Gasteiger partial charge in [0.2, 0.25) is 0 Å². The minimum absolute atomic E-state index is 0.0602. The molecule has 20 heavy (non-hydrogen) atoms. The molecule has 5 nitrogen and oxygen atoms in total. The molecule has 116 valence electrons. The number of nitrogens with zero attached hydrogens (tertiary/aromatic N) is 1. The maximum atomic E-state index is 11.9. The summed E-state index contributed by atoms with van der Waals surface area (Å²) in [6.45, 7) is 5.80. The lowest BCUT2D eigenvalue weighted by Crippen LogP contribution is -2.53. The first-order chi connectivity index (χ1) is 9.69. The number of urea groups is 1. The maximum Gasteiger partial charge on any atom is 0.314 e. The standard InChI is InChI=1S/C15H29N3O2/c1-3-18-10-5-4-7-13(18)11-16-14(19)17-12-15(20-2)8-6-9-15/h13H,3-12H2,1-2H3,(H2,16,17,19)/t13-/m0/s1. The van der Waals surface area contributed by atoms with Gasteiger partial charge in [0.15, 0.2) is 0 Å². The summed E-state index contributed by atoms with van der Waals surface area (Å²) in [5.41, 5.74) is -0.0996. The van der Waals surface area contributed by atoms with E-state index in [0.29, 0.717) is 12.6 Å². The van der Waals surface area contributed by atoms with Crippen molar-refractivity contribution in [2.24, 2.45) is 0 Å². The number of methoxy groups -OCH3 is 1. The third-order valence-electron chi connectivity index (χ3n) is 4.92. The second-order valence-corrected chi connectivity index (χ2v) is 6.08. The predicted molar refractivity (Wildman–Crippen MR) is 79.9 cm³/mol. The molecule has 1 saturated heterocycles. The molecule has 2 rings (SSSR count). The number of piperidine rings is 1. The molecule has 2 fully saturated rings. The van der Waals surface area contributed by atoms with Crippen molar-refractivity contribution in [3.05, 3.63) is 0 Å². The molecule has 2 amide bonds. The summed E-state index contributed by atoms with van der Waals surface area (Å²) in [6, 6.07) is 0.439. The third-order valence-corrected chi connectivity index (χ3v) is 4.92. The molecule has 0 spiro atoms. The Labute approximate surface area is 122 Å². The first-order valence-electron chi connectivity index (χ1n) is 8.00. The third kappa shape index (κ3) is 3.85. The van der Waals surface area contributed by atoms with Gasteiger partial charge in [0.25, 0.3) is 0 Å². The highest BCUT2D eigenvalue weighted by atomic mass is 16.5. The van der Waals surface area contributed by atoms with Gasteiger partial charge in [-0.3, -0.25) is 4.90 Å². The van der Waals surface area contributed by atoms with Gasteiger partial charge >= 0.3 is 6.03 Å². The van der Waals surface area contributed by atoms with Crippen molar-refractivity contribution < 1.29 is 9.53 Å². The Morgan fingerprint density at radius 2 is 2.10 bits per heavy atom. The van der Waals surface area contributed by atoms with Crippen LogP contribution in [0.1, 0.15) is 45.4 Å². The number of ether oxygens (including phenoxy) is 1. The smallest absolute Gasteiger partial charge is 0.314 e. The predicted octanol–water partition coefficient (Wildman–Crippen LogP) is 1.73. The molecule has 0 aromatic carbocycles. The normalized spacial score (nSPS) is 25.8. The number of rotatable bonds is 6. The lowest BCUT2D eigenvalue weighted by molar-refractivity contribution is -0.0674. The van der Waals surface area contributed by atoms with Crippen LogP contribution in [0.25, 0.3) is 0 Å². The quantitative estimate of drug-likeness (QED) is 0.780. The lowest BCUT2D eigenvalue weighted by atomic mass is 9.80. The van der Waals surface area contributed by atoms with E-state index in [4.69, 9.17) is 4.74 Å². The lowest BCUT2D eigenvalue weighted by Gasteiger charge is -2.40. The Balaban J connectivity index is 1.66. The van der Waals surface area contributed by atoms with Crippen molar-refractivity contribution in [2.45, 2.75) is 57.1 Å². The van der Waals surface area contributed by atoms with Gasteiger partial charge < -0.3 is 15.4 Å². The molecule has 0 bridgehead atoms. The van der Waals surface area contributed by atoms with Gasteiger partial charge in [0.1, 0.15) is 0 Å². The summed E-state index contributed by atoms with van der Waals surface area (Å²) < 4.78 is 5.50. The summed E-state index contributed by atoms with van der Waals surface area (Å²) in [6.07, 6.45) is 7.05. The SMILES string of the molecule is CCN1CCCC[C@H]1CNC(=O)NCC1(OC)CCC1. The van der Waals surface area contributed by atoms with E-state index in [1.54, 1.807) is 7.11 Å². The Morgan fingerprint density at radius 3 is 2.70 bits per heavy atom. The second kappa shape index (κ2) is 7.27. The van der Waals surface area contributed by atoms with Crippen LogP contribution in [-0.4, -0.2) is 55.9 Å². The monoisotopic (exact) mass is 283 g/mol. The second-order valence-electron chi connectivity index (χ2n) is 6.08. The van der Waals surface area contributed by atoms with Crippen molar-refractivity contribution in [1.29, 1.82) is 0 Å². The minimum atomic E-state index is -0.0996. The van der Waals surface area contributed by atoms with Crippen LogP contribution in [-0.2, 0) is 4.74 Å². The number of likely N-dealkylation sites (N-methyl/N-ethyl adjacent to an activating group) is 1. The summed E-state index contributed by atoms with van der Waals surface area (Å²) in [5.74, 6) is 0. The highest BCUT2D eigenvalue weighted by molar-refractivity contribution is 5.73. The molecule has 0 radical (unpaired) electrons. The van der Waals surface area contributed by atoms with Crippen molar-refractivity contribution >= 4 is 6.03 Å². The zero-order valence-electron chi connectivity index (χ0n) is 12.9. The van der Waals surface area contributed by atoms with Gasteiger partial charge in [-0.05, 0) is 45.2 Å². The van der Waals surface area contributed by atoms with Crippen molar-refractivity contribution in [3.63, 3.8) is 0 Å². The van der Waals surface area contributed by atoms with E-state index in [2.05, 4.69) is 22.5 Å². The van der Waals surface area contributed by atoms with Gasteiger partial charge in [-0.25, -0.2) is 4.79 Å². The number of hydrogen-bond donors (Lipinski definition) is 2. The van der Waals surface area contributed by atoms with Crippen LogP contribution in [0, 0.1) is 0 Å². The van der Waals surface area contributed by atoms with Crippen molar-refractivity contribution in [1.82, 2.24) is 15.5 Å². The van der Waals surface area contributed by atoms with Crippen molar-refractivity contribution in [2.75, 3.05) is 33.3 Å². The average Bonchev–Trinajstić information content (AvgIpc) is 2.44. The Bertz CT molecular complexity index is 313. The molecule has 1 heterocycles. The van der Waals surface area contributed by atoms with Gasteiger partial charge in [0.05, 0.1) is 5.60 Å². The highest BCUT2D eigenvalue weighted by Crippen LogP contribution is 2.34. The van der Waals surface area contributed by atoms with E-state index in [0.717, 1.165) is 32.5 Å². The zero-order chi connectivity index (χ0) is 14.4. The Hall–Kier alpha value is -0.810. The molecular formula is C15H29N3O2. The maximum absolute atomic E-state index is 11.9. The molecule has 1 aliphatic heterocycles. The van der Waals surface area contributed by atoms with Crippen LogP contribution in [0.4, 0.5) is 4.79 Å². The van der Waals surface area contributed by atoms with E-state index in [1.165, 1.54) is 25.7 Å². The topological polar surface area (TPSA) is 53.6 Å². The molecule has 1 atom stereocenters. The fourth-order valence-electron chi connectivity index (χ4n) is 3.25. The van der Waals surface area contributed by atoms with Crippen LogP contribution >= 0.6 is 0 Å². The molecule has 1 saturated carbocycles. The first-order valence-corrected chi connectivity index (χ1v) is 8.00. The van der Waals surface area contributed by atoms with E-state index < -0.39 is 0 Å². The number of likely N-dealkylation sites (tertiary alicyclic amines) is 1. The van der Waals surface area contributed by atoms with Crippen LogP contribution in [0.2, 0.25) is 0 Å². The van der Waals surface area contributed by atoms with E-state index >= 15 is 0 Å². The zero-order valence-corrected chi connectivity index (χ0v) is 12.9. The molecule has 5 heteroatoms. The van der Waals surface area contributed by atoms with E-state index in [9.17, 15) is 4.79 Å². The van der Waals surface area contributed by atoms with E-state index in [1.807, 2.05) is 0 Å². The summed E-state index contributed by atoms with van der Waals surface area (Å²) >= 11 is 0. The number of carbonyl (C=O) groups is 1. The molecule has 1 aliphatic carbocycles. The average molecular weight is 283 g/mol. The highest BCUT2D eigenvalue weighted by Gasteiger charge is 2.37. The summed E-state index contributed by atoms with van der Waals surface area (Å²) in [5, 5.41) is 5.97. The van der Waals surface area contributed by atoms with Crippen LogP contribution in [0.3, 0.4) is 0 Å². The fraction of sp³-hybridized carbons (Fsp3) is 0.933. The number of carbonyl (C=O) groups excluding carboxylic acids is 1. The van der Waals surface area contributed by atoms with Gasteiger partial charge in [0, 0.05) is 26.2 Å². The molecule has 0 aromatic heterocycles. The van der Waals surface area contributed by atoms with Gasteiger partial charge in [-0.15, -0.1) is 0 Å². The summed E-state index contributed by atoms with van der Waals surface area (Å²) in [7, 11) is 1.74. The van der Waals surface area contributed by atoms with Crippen LogP contribution in [0.5, 0.6) is 0 Å². The fourth-order valence-corrected chi connectivity index (χ4v) is 3.25. The number of nitrogens with one attached hydrogen (secondary N) is 2. The Morgan fingerprint density at radius 1 is 1.30 bits per heavy atom. The van der Waals surface area contributed by atoms with Crippen LogP contribution < -0.4 is 10.6 Å². The van der Waals surface area contributed by atoms with E-state index in [-0.39, 0.29) is 11.6 Å². The molecule has 0 unspecified atom stereocenters. The number of amides is 2. The summed E-state index contributed by atoms with van der Waals surface area (Å²) in [4.78, 5) is 14.4. The van der Waals surface area contributed by atoms with Gasteiger partial charge in [-0.2, -0.15) is 0 Å². The largest absolute Gasteiger partial charge is 0.376 e.